The van der Waals surface area contributed by atoms with Gasteiger partial charge in [-0.15, -0.1) is 10.2 Å². The molecule has 0 unspecified atom stereocenters. The van der Waals surface area contributed by atoms with Crippen molar-refractivity contribution in [1.29, 1.82) is 0 Å². The monoisotopic (exact) mass is 368 g/mol. The first kappa shape index (κ1) is 17.8. The summed E-state index contributed by atoms with van der Waals surface area (Å²) < 4.78 is 6.56. The van der Waals surface area contributed by atoms with Crippen LogP contribution in [0.4, 0.5) is 5.95 Å². The number of nitrogens with two attached hydrogens (primary N) is 1. The molecule has 3 rings (SSSR count). The molecule has 2 aromatic carbocycles. The second kappa shape index (κ2) is 8.39. The van der Waals surface area contributed by atoms with Gasteiger partial charge in [0.15, 0.2) is 0 Å². The van der Waals surface area contributed by atoms with Gasteiger partial charge in [-0.1, -0.05) is 54.2 Å². The second-order valence-corrected chi connectivity index (χ2v) is 6.43. The molecule has 1 heterocycles. The van der Waals surface area contributed by atoms with Crippen molar-refractivity contribution in [2.45, 2.75) is 17.8 Å². The highest BCUT2D eigenvalue weighted by molar-refractivity contribution is 7.98. The van der Waals surface area contributed by atoms with Crippen LogP contribution in [-0.2, 0) is 5.75 Å². The fraction of sp³-hybridized carbons (Fsp3) is 0.167. The highest BCUT2D eigenvalue weighted by atomic mass is 32.2. The Hall–Kier alpha value is -3.00. The maximum Gasteiger partial charge on any atom is 0.264 e. The average Bonchev–Trinajstić information content (AvgIpc) is 3.05. The van der Waals surface area contributed by atoms with Gasteiger partial charge in [-0.25, -0.2) is 10.1 Å². The normalized spacial score (nSPS) is 11.4. The maximum absolute atomic E-state index is 6.06. The first-order chi connectivity index (χ1) is 12.7. The number of benzene rings is 2. The first-order valence-electron chi connectivity index (χ1n) is 7.99. The van der Waals surface area contributed by atoms with Crippen LogP contribution in [0.3, 0.4) is 0 Å². The van der Waals surface area contributed by atoms with Crippen LogP contribution in [0.1, 0.15) is 18.1 Å². The number of hydrazone groups is 1. The zero-order valence-electron chi connectivity index (χ0n) is 14.6. The molecule has 0 fully saturated rings. The summed E-state index contributed by atoms with van der Waals surface area (Å²) >= 11 is 1.50. The number of thioether (sulfide) groups is 1. The first-order valence-corrected chi connectivity index (χ1v) is 8.98. The SMILES string of the molecule is COc1ccc(CSc2nnc(N/N=C(\C)c3ccccc3)n2N)cc1. The molecule has 8 heteroatoms. The standard InChI is InChI=1S/C18H20N6OS/c1-13(15-6-4-3-5-7-15)20-21-17-22-23-18(24(17)19)26-12-14-8-10-16(25-2)11-9-14/h3-11H,12,19H2,1-2H3,(H,21,22)/b20-13+. The highest BCUT2D eigenvalue weighted by Gasteiger charge is 2.10. The molecule has 0 saturated carbocycles. The summed E-state index contributed by atoms with van der Waals surface area (Å²) in [5.74, 6) is 8.00. The predicted molar refractivity (Wildman–Crippen MR) is 105 cm³/mol. The van der Waals surface area contributed by atoms with E-state index >= 15 is 0 Å². The maximum atomic E-state index is 6.06. The molecule has 0 spiro atoms. The fourth-order valence-corrected chi connectivity index (χ4v) is 3.01. The van der Waals surface area contributed by atoms with E-state index in [1.807, 2.05) is 61.5 Å². The number of ether oxygens (including phenoxy) is 1. The van der Waals surface area contributed by atoms with Gasteiger partial charge in [-0.3, -0.25) is 0 Å². The van der Waals surface area contributed by atoms with Gasteiger partial charge in [0.05, 0.1) is 12.8 Å². The van der Waals surface area contributed by atoms with Gasteiger partial charge in [0, 0.05) is 5.75 Å². The van der Waals surface area contributed by atoms with E-state index in [9.17, 15) is 0 Å². The number of aromatic nitrogens is 3. The lowest BCUT2D eigenvalue weighted by atomic mass is 10.1. The van der Waals surface area contributed by atoms with Crippen molar-refractivity contribution in [1.82, 2.24) is 14.9 Å². The van der Waals surface area contributed by atoms with Crippen molar-refractivity contribution in [3.8, 4) is 5.75 Å². The Morgan fingerprint density at radius 3 is 2.58 bits per heavy atom. The Bertz CT molecular complexity index is 876. The third-order valence-corrected chi connectivity index (χ3v) is 4.72. The Kier molecular flexibility index (Phi) is 5.75. The molecule has 0 atom stereocenters. The quantitative estimate of drug-likeness (QED) is 0.288. The van der Waals surface area contributed by atoms with Crippen molar-refractivity contribution in [3.05, 3.63) is 65.7 Å². The van der Waals surface area contributed by atoms with E-state index in [0.29, 0.717) is 11.1 Å². The van der Waals surface area contributed by atoms with E-state index in [4.69, 9.17) is 10.6 Å². The number of nitrogens with zero attached hydrogens (tertiary/aromatic N) is 4. The number of nitrogen functional groups attached to an aromatic ring is 1. The fourth-order valence-electron chi connectivity index (χ4n) is 2.20. The van der Waals surface area contributed by atoms with Crippen LogP contribution >= 0.6 is 11.8 Å². The smallest absolute Gasteiger partial charge is 0.264 e. The van der Waals surface area contributed by atoms with E-state index < -0.39 is 0 Å². The summed E-state index contributed by atoms with van der Waals surface area (Å²) in [5, 5.41) is 13.1. The zero-order valence-corrected chi connectivity index (χ0v) is 15.4. The average molecular weight is 368 g/mol. The van der Waals surface area contributed by atoms with Crippen molar-refractivity contribution in [2.75, 3.05) is 18.4 Å². The number of hydrogen-bond acceptors (Lipinski definition) is 7. The minimum Gasteiger partial charge on any atom is -0.497 e. The lowest BCUT2D eigenvalue weighted by Crippen LogP contribution is -2.13. The molecular formula is C18H20N6OS. The topological polar surface area (TPSA) is 90.4 Å². The molecule has 26 heavy (non-hydrogen) atoms. The molecule has 0 saturated heterocycles. The van der Waals surface area contributed by atoms with Gasteiger partial charge in [0.25, 0.3) is 5.95 Å². The third kappa shape index (κ3) is 4.34. The molecule has 0 amide bonds. The molecule has 0 radical (unpaired) electrons. The third-order valence-electron chi connectivity index (χ3n) is 3.71. The Balaban J connectivity index is 1.62. The molecule has 134 valence electrons. The van der Waals surface area contributed by atoms with E-state index in [1.54, 1.807) is 7.11 Å². The number of methoxy groups -OCH3 is 1. The van der Waals surface area contributed by atoms with Crippen molar-refractivity contribution in [2.24, 2.45) is 5.10 Å². The minimum absolute atomic E-state index is 0.387. The van der Waals surface area contributed by atoms with Gasteiger partial charge < -0.3 is 10.6 Å². The van der Waals surface area contributed by atoms with Crippen LogP contribution in [0.2, 0.25) is 0 Å². The summed E-state index contributed by atoms with van der Waals surface area (Å²) in [6, 6.07) is 17.8. The molecular weight excluding hydrogens is 348 g/mol. The Labute approximate surface area is 156 Å². The molecule has 0 bridgehead atoms. The summed E-state index contributed by atoms with van der Waals surface area (Å²) in [6.45, 7) is 1.92. The van der Waals surface area contributed by atoms with Gasteiger partial charge >= 0.3 is 0 Å². The van der Waals surface area contributed by atoms with Crippen molar-refractivity contribution >= 4 is 23.4 Å². The number of hydrogen-bond donors (Lipinski definition) is 2. The van der Waals surface area contributed by atoms with Crippen LogP contribution in [-0.4, -0.2) is 27.7 Å². The largest absolute Gasteiger partial charge is 0.497 e. The van der Waals surface area contributed by atoms with Crippen LogP contribution in [0, 0.1) is 0 Å². The predicted octanol–water partition coefficient (Wildman–Crippen LogP) is 3.13. The molecule has 7 nitrogen and oxygen atoms in total. The van der Waals surface area contributed by atoms with Crippen LogP contribution in [0.5, 0.6) is 5.75 Å². The minimum atomic E-state index is 0.387. The molecule has 0 aliphatic carbocycles. The number of nitrogens with one attached hydrogen (secondary N) is 1. The van der Waals surface area contributed by atoms with E-state index in [-0.39, 0.29) is 0 Å². The summed E-state index contributed by atoms with van der Waals surface area (Å²) in [7, 11) is 1.65. The van der Waals surface area contributed by atoms with Gasteiger partial charge in [-0.05, 0) is 30.2 Å². The van der Waals surface area contributed by atoms with E-state index in [0.717, 1.165) is 28.3 Å². The van der Waals surface area contributed by atoms with E-state index in [2.05, 4.69) is 20.7 Å². The van der Waals surface area contributed by atoms with Gasteiger partial charge in [0.2, 0.25) is 5.16 Å². The highest BCUT2D eigenvalue weighted by Crippen LogP contribution is 2.23. The second-order valence-electron chi connectivity index (χ2n) is 5.49. The van der Waals surface area contributed by atoms with Gasteiger partial charge in [0.1, 0.15) is 5.75 Å². The molecule has 0 aliphatic rings. The van der Waals surface area contributed by atoms with Gasteiger partial charge in [-0.2, -0.15) is 5.10 Å². The molecule has 0 aliphatic heterocycles. The van der Waals surface area contributed by atoms with Crippen molar-refractivity contribution < 1.29 is 4.74 Å². The Morgan fingerprint density at radius 1 is 1.15 bits per heavy atom. The van der Waals surface area contributed by atoms with Crippen LogP contribution in [0.15, 0.2) is 64.9 Å². The van der Waals surface area contributed by atoms with E-state index in [1.165, 1.54) is 16.4 Å². The zero-order chi connectivity index (χ0) is 18.4. The molecule has 3 N–H and O–H groups in total. The van der Waals surface area contributed by atoms with Crippen molar-refractivity contribution in [3.63, 3.8) is 0 Å². The molecule has 1 aromatic heterocycles. The summed E-state index contributed by atoms with van der Waals surface area (Å²) in [5.41, 5.74) is 5.87. The number of rotatable bonds is 7. The molecule has 3 aromatic rings. The lowest BCUT2D eigenvalue weighted by molar-refractivity contribution is 0.414. The lowest BCUT2D eigenvalue weighted by Gasteiger charge is -2.05. The summed E-state index contributed by atoms with van der Waals surface area (Å²) in [4.78, 5) is 0. The Morgan fingerprint density at radius 2 is 1.88 bits per heavy atom. The van der Waals surface area contributed by atoms with Crippen LogP contribution < -0.4 is 16.0 Å². The number of anilines is 1. The summed E-state index contributed by atoms with van der Waals surface area (Å²) in [6.07, 6.45) is 0. The van der Waals surface area contributed by atoms with Crippen LogP contribution in [0.25, 0.3) is 0 Å².